The topological polar surface area (TPSA) is 55.8 Å². The highest BCUT2D eigenvalue weighted by Gasteiger charge is 2.36. The third-order valence-corrected chi connectivity index (χ3v) is 8.20. The summed E-state index contributed by atoms with van der Waals surface area (Å²) in [5.74, 6) is 0.0622. The molecule has 0 radical (unpaired) electrons. The maximum absolute atomic E-state index is 14.3. The summed E-state index contributed by atoms with van der Waals surface area (Å²) in [6.45, 7) is 2.42. The SMILES string of the molecule is CCOc1cc(/C=C2/SC(=O)N(Cc3c(F)cccc3Cl)C2=O)cc(I)c1OCc1cccc2ccccc12. The van der Waals surface area contributed by atoms with Crippen LogP contribution in [0, 0.1) is 9.39 Å². The van der Waals surface area contributed by atoms with Crippen molar-refractivity contribution < 1.29 is 23.5 Å². The van der Waals surface area contributed by atoms with Crippen LogP contribution in [-0.4, -0.2) is 22.7 Å². The number of ether oxygens (including phenoxy) is 2. The highest BCUT2D eigenvalue weighted by atomic mass is 127. The number of hydrogen-bond acceptors (Lipinski definition) is 5. The number of benzene rings is 4. The molecule has 0 atom stereocenters. The molecule has 5 nitrogen and oxygen atoms in total. The normalized spacial score (nSPS) is 14.5. The van der Waals surface area contributed by atoms with E-state index in [9.17, 15) is 14.0 Å². The van der Waals surface area contributed by atoms with E-state index in [-0.39, 0.29) is 22.0 Å². The molecule has 0 aromatic heterocycles. The van der Waals surface area contributed by atoms with E-state index < -0.39 is 17.0 Å². The van der Waals surface area contributed by atoms with Gasteiger partial charge < -0.3 is 9.47 Å². The van der Waals surface area contributed by atoms with Crippen molar-refractivity contribution >= 4 is 73.9 Å². The van der Waals surface area contributed by atoms with Crippen LogP contribution in [-0.2, 0) is 17.9 Å². The molecule has 1 aliphatic heterocycles. The van der Waals surface area contributed by atoms with Gasteiger partial charge in [-0.05, 0) is 93.5 Å². The number of thioether (sulfide) groups is 1. The third-order valence-electron chi connectivity index (χ3n) is 6.13. The van der Waals surface area contributed by atoms with Gasteiger partial charge in [-0.1, -0.05) is 60.1 Å². The van der Waals surface area contributed by atoms with Crippen molar-refractivity contribution in [3.8, 4) is 11.5 Å². The molecule has 0 bridgehead atoms. The van der Waals surface area contributed by atoms with Gasteiger partial charge in [-0.15, -0.1) is 0 Å². The molecule has 198 valence electrons. The second kappa shape index (κ2) is 12.0. The lowest BCUT2D eigenvalue weighted by molar-refractivity contribution is -0.123. The fraction of sp³-hybridized carbons (Fsp3) is 0.133. The molecule has 2 amide bonds. The van der Waals surface area contributed by atoms with Crippen LogP contribution in [0.3, 0.4) is 0 Å². The predicted octanol–water partition coefficient (Wildman–Crippen LogP) is 8.45. The second-order valence-corrected chi connectivity index (χ2v) is 11.2. The molecule has 0 N–H and O–H groups in total. The first-order valence-electron chi connectivity index (χ1n) is 12.1. The van der Waals surface area contributed by atoms with Crippen molar-refractivity contribution in [3.63, 3.8) is 0 Å². The zero-order valence-electron chi connectivity index (χ0n) is 20.7. The standard InChI is InChI=1S/C30H22ClFINO4S/c1-2-37-26-14-18(13-25(33)28(26)38-17-20-9-5-8-19-7-3-4-10-21(19)20)15-27-29(35)34(30(36)39-27)16-22-23(31)11-6-12-24(22)32/h3-15H,2,16-17H2,1H3/b27-15+. The van der Waals surface area contributed by atoms with Crippen LogP contribution in [0.2, 0.25) is 5.02 Å². The Labute approximate surface area is 248 Å². The van der Waals surface area contributed by atoms with E-state index >= 15 is 0 Å². The van der Waals surface area contributed by atoms with Crippen LogP contribution in [0.25, 0.3) is 16.8 Å². The van der Waals surface area contributed by atoms with Crippen molar-refractivity contribution in [2.24, 2.45) is 0 Å². The fourth-order valence-corrected chi connectivity index (χ4v) is 6.11. The molecule has 9 heteroatoms. The molecule has 1 heterocycles. The summed E-state index contributed by atoms with van der Waals surface area (Å²) in [5.41, 5.74) is 1.83. The molecule has 39 heavy (non-hydrogen) atoms. The molecular formula is C30H22ClFINO4S. The van der Waals surface area contributed by atoms with Crippen LogP contribution in [0.5, 0.6) is 11.5 Å². The zero-order valence-corrected chi connectivity index (χ0v) is 24.5. The molecule has 0 aliphatic carbocycles. The van der Waals surface area contributed by atoms with E-state index in [1.807, 2.05) is 37.3 Å². The monoisotopic (exact) mass is 673 g/mol. The van der Waals surface area contributed by atoms with Gasteiger partial charge >= 0.3 is 0 Å². The molecule has 1 aliphatic rings. The molecule has 4 aromatic rings. The predicted molar refractivity (Wildman–Crippen MR) is 162 cm³/mol. The van der Waals surface area contributed by atoms with E-state index in [0.717, 1.165) is 36.6 Å². The molecule has 0 unspecified atom stereocenters. The lowest BCUT2D eigenvalue weighted by atomic mass is 10.1. The number of amides is 2. The van der Waals surface area contributed by atoms with E-state index in [4.69, 9.17) is 21.1 Å². The summed E-state index contributed by atoms with van der Waals surface area (Å²) in [6, 6.07) is 22.1. The van der Waals surface area contributed by atoms with Crippen LogP contribution in [0.4, 0.5) is 9.18 Å². The summed E-state index contributed by atoms with van der Waals surface area (Å²) < 4.78 is 27.2. The molecule has 0 spiro atoms. The molecule has 5 rings (SSSR count). The summed E-state index contributed by atoms with van der Waals surface area (Å²) in [6.07, 6.45) is 1.63. The quantitative estimate of drug-likeness (QED) is 0.139. The number of halogens is 3. The number of fused-ring (bicyclic) bond motifs is 1. The fourth-order valence-electron chi connectivity index (χ4n) is 4.27. The molecular weight excluding hydrogens is 652 g/mol. The largest absolute Gasteiger partial charge is 0.490 e. The van der Waals surface area contributed by atoms with Gasteiger partial charge in [0.2, 0.25) is 0 Å². The number of nitrogens with zero attached hydrogens (tertiary/aromatic N) is 1. The minimum Gasteiger partial charge on any atom is -0.490 e. The Bertz CT molecular complexity index is 1600. The summed E-state index contributed by atoms with van der Waals surface area (Å²) in [5, 5.41) is 1.94. The van der Waals surface area contributed by atoms with Crippen LogP contribution in [0.15, 0.2) is 77.7 Å². The number of carbonyl (C=O) groups is 2. The van der Waals surface area contributed by atoms with Crippen LogP contribution < -0.4 is 9.47 Å². The van der Waals surface area contributed by atoms with Gasteiger partial charge in [0, 0.05) is 10.6 Å². The average Bonchev–Trinajstić information content (AvgIpc) is 3.17. The van der Waals surface area contributed by atoms with Crippen molar-refractivity contribution in [3.05, 3.63) is 109 Å². The van der Waals surface area contributed by atoms with Gasteiger partial charge in [-0.3, -0.25) is 14.5 Å². The average molecular weight is 674 g/mol. The number of hydrogen-bond donors (Lipinski definition) is 0. The van der Waals surface area contributed by atoms with Gasteiger partial charge in [0.25, 0.3) is 11.1 Å². The molecule has 0 saturated carbocycles. The Hall–Kier alpha value is -3.08. The van der Waals surface area contributed by atoms with Gasteiger partial charge in [0.05, 0.1) is 21.6 Å². The maximum atomic E-state index is 14.3. The molecule has 1 saturated heterocycles. The van der Waals surface area contributed by atoms with Crippen LogP contribution in [0.1, 0.15) is 23.6 Å². The van der Waals surface area contributed by atoms with E-state index in [0.29, 0.717) is 30.3 Å². The maximum Gasteiger partial charge on any atom is 0.293 e. The van der Waals surface area contributed by atoms with Crippen molar-refractivity contribution in [1.29, 1.82) is 0 Å². The highest BCUT2D eigenvalue weighted by molar-refractivity contribution is 14.1. The summed E-state index contributed by atoms with van der Waals surface area (Å²) in [7, 11) is 0. The van der Waals surface area contributed by atoms with Crippen molar-refractivity contribution in [2.75, 3.05) is 6.61 Å². The van der Waals surface area contributed by atoms with E-state index in [2.05, 4.69) is 40.8 Å². The second-order valence-electron chi connectivity index (χ2n) is 8.66. The van der Waals surface area contributed by atoms with E-state index in [1.165, 1.54) is 18.2 Å². The number of imide groups is 1. The Balaban J connectivity index is 1.39. The Morgan fingerprint density at radius 2 is 1.79 bits per heavy atom. The van der Waals surface area contributed by atoms with E-state index in [1.54, 1.807) is 12.1 Å². The van der Waals surface area contributed by atoms with Gasteiger partial charge in [-0.2, -0.15) is 0 Å². The highest BCUT2D eigenvalue weighted by Crippen LogP contribution is 2.39. The zero-order chi connectivity index (χ0) is 27.5. The summed E-state index contributed by atoms with van der Waals surface area (Å²) in [4.78, 5) is 26.9. The smallest absolute Gasteiger partial charge is 0.293 e. The van der Waals surface area contributed by atoms with Crippen LogP contribution >= 0.6 is 46.0 Å². The lowest BCUT2D eigenvalue weighted by Crippen LogP contribution is -2.28. The first-order chi connectivity index (χ1) is 18.9. The minimum absolute atomic E-state index is 0.101. The molecule has 4 aromatic carbocycles. The Morgan fingerprint density at radius 3 is 2.59 bits per heavy atom. The van der Waals surface area contributed by atoms with Gasteiger partial charge in [-0.25, -0.2) is 4.39 Å². The Morgan fingerprint density at radius 1 is 1.03 bits per heavy atom. The van der Waals surface area contributed by atoms with Gasteiger partial charge in [0.15, 0.2) is 11.5 Å². The number of rotatable bonds is 8. The minimum atomic E-state index is -0.569. The van der Waals surface area contributed by atoms with Crippen molar-refractivity contribution in [1.82, 2.24) is 4.90 Å². The first-order valence-corrected chi connectivity index (χ1v) is 14.4. The lowest BCUT2D eigenvalue weighted by Gasteiger charge is -2.16. The Kier molecular flexibility index (Phi) is 8.44. The summed E-state index contributed by atoms with van der Waals surface area (Å²) >= 11 is 9.08. The van der Waals surface area contributed by atoms with Crippen molar-refractivity contribution in [2.45, 2.75) is 20.1 Å². The third kappa shape index (κ3) is 5.92. The number of carbonyl (C=O) groups excluding carboxylic acids is 2. The van der Waals surface area contributed by atoms with Gasteiger partial charge in [0.1, 0.15) is 12.4 Å². The molecule has 1 fully saturated rings. The first kappa shape index (κ1) is 27.5.